The second-order valence-electron chi connectivity index (χ2n) is 4.30. The monoisotopic (exact) mass is 158 g/mol. The molecule has 0 N–H and O–H groups in total. The number of hydrogen-bond acceptors (Lipinski definition) is 0. The Bertz CT molecular complexity index is 120. The van der Waals surface area contributed by atoms with Crippen LogP contribution in [-0.2, 0) is 0 Å². The molecule has 1 saturated carbocycles. The van der Waals surface area contributed by atoms with Gasteiger partial charge in [0.15, 0.2) is 0 Å². The van der Waals surface area contributed by atoms with Gasteiger partial charge in [-0.15, -0.1) is 0 Å². The summed E-state index contributed by atoms with van der Waals surface area (Å²) >= 11 is 0. The van der Waals surface area contributed by atoms with E-state index in [1.807, 2.05) is 0 Å². The molecule has 0 nitrogen and oxygen atoms in total. The number of hydrogen-bond donors (Lipinski definition) is 0. The summed E-state index contributed by atoms with van der Waals surface area (Å²) in [4.78, 5) is 0. The Balaban J connectivity index is 2.44. The Morgan fingerprint density at radius 1 is 1.27 bits per heavy atom. The van der Waals surface area contributed by atoms with Crippen LogP contribution in [0.4, 0.5) is 4.39 Å². The number of rotatable bonds is 1. The van der Waals surface area contributed by atoms with Crippen LogP contribution in [0.5, 0.6) is 0 Å². The molecule has 0 heterocycles. The molecule has 0 aromatic heterocycles. The lowest BCUT2D eigenvalue weighted by molar-refractivity contribution is 0.121. The third-order valence-corrected chi connectivity index (χ3v) is 3.03. The van der Waals surface area contributed by atoms with Crippen molar-refractivity contribution in [3.63, 3.8) is 0 Å². The topological polar surface area (TPSA) is 0 Å². The first-order valence-electron chi connectivity index (χ1n) is 4.75. The average Bonchev–Trinajstić information content (AvgIpc) is 1.85. The van der Waals surface area contributed by atoms with Crippen molar-refractivity contribution in [2.75, 3.05) is 0 Å². The molecule has 0 amide bonds. The third-order valence-electron chi connectivity index (χ3n) is 3.03. The van der Waals surface area contributed by atoms with E-state index in [1.54, 1.807) is 0 Å². The highest BCUT2D eigenvalue weighted by Gasteiger charge is 2.28. The van der Waals surface area contributed by atoms with Gasteiger partial charge < -0.3 is 0 Å². The van der Waals surface area contributed by atoms with Crippen molar-refractivity contribution in [1.82, 2.24) is 0 Å². The van der Waals surface area contributed by atoms with Crippen LogP contribution in [0, 0.1) is 17.8 Å². The van der Waals surface area contributed by atoms with Crippen LogP contribution in [-0.4, -0.2) is 6.17 Å². The van der Waals surface area contributed by atoms with E-state index in [0.717, 1.165) is 31.1 Å². The lowest BCUT2D eigenvalue weighted by Crippen LogP contribution is -2.27. The van der Waals surface area contributed by atoms with Crippen LogP contribution in [0.1, 0.15) is 40.0 Å². The molecule has 0 aromatic carbocycles. The second-order valence-corrected chi connectivity index (χ2v) is 4.30. The largest absolute Gasteiger partial charge is 0.247 e. The minimum atomic E-state index is -0.514. The van der Waals surface area contributed by atoms with Gasteiger partial charge in [0.1, 0.15) is 6.17 Å². The van der Waals surface area contributed by atoms with Gasteiger partial charge in [-0.05, 0) is 37.0 Å². The zero-order valence-corrected chi connectivity index (χ0v) is 7.81. The van der Waals surface area contributed by atoms with E-state index in [4.69, 9.17) is 0 Å². The fraction of sp³-hybridized carbons (Fsp3) is 1.00. The highest BCUT2D eigenvalue weighted by atomic mass is 19.1. The van der Waals surface area contributed by atoms with E-state index in [0.29, 0.717) is 5.92 Å². The van der Waals surface area contributed by atoms with Gasteiger partial charge in [-0.1, -0.05) is 20.8 Å². The lowest BCUT2D eigenvalue weighted by Gasteiger charge is -2.33. The van der Waals surface area contributed by atoms with Crippen molar-refractivity contribution < 1.29 is 4.39 Å². The molecule has 1 aliphatic rings. The van der Waals surface area contributed by atoms with Gasteiger partial charge >= 0.3 is 0 Å². The summed E-state index contributed by atoms with van der Waals surface area (Å²) in [5.74, 6) is 2.10. The summed E-state index contributed by atoms with van der Waals surface area (Å²) in [5.41, 5.74) is 0. The van der Waals surface area contributed by atoms with E-state index in [9.17, 15) is 4.39 Å². The van der Waals surface area contributed by atoms with Gasteiger partial charge in [0.25, 0.3) is 0 Å². The number of halogens is 1. The molecule has 0 radical (unpaired) electrons. The minimum absolute atomic E-state index is 0.514. The highest BCUT2D eigenvalue weighted by molar-refractivity contribution is 4.79. The Morgan fingerprint density at radius 3 is 2.36 bits per heavy atom. The van der Waals surface area contributed by atoms with Gasteiger partial charge in [0.2, 0.25) is 0 Å². The standard InChI is InChI=1S/C10H19F/c1-7(2)10-5-4-9(11)6-8(10)3/h7-10H,4-6H2,1-3H3. The lowest BCUT2D eigenvalue weighted by atomic mass is 9.74. The summed E-state index contributed by atoms with van der Waals surface area (Å²) < 4.78 is 12.9. The normalized spacial score (nSPS) is 39.5. The van der Waals surface area contributed by atoms with E-state index >= 15 is 0 Å². The molecule has 0 saturated heterocycles. The molecular weight excluding hydrogens is 139 g/mol. The maximum absolute atomic E-state index is 12.9. The van der Waals surface area contributed by atoms with E-state index in [1.165, 1.54) is 0 Å². The van der Waals surface area contributed by atoms with Crippen molar-refractivity contribution in [2.24, 2.45) is 17.8 Å². The summed E-state index contributed by atoms with van der Waals surface area (Å²) in [5, 5.41) is 0. The molecule has 1 rings (SSSR count). The van der Waals surface area contributed by atoms with Gasteiger partial charge in [-0.25, -0.2) is 4.39 Å². The van der Waals surface area contributed by atoms with E-state index < -0.39 is 6.17 Å². The van der Waals surface area contributed by atoms with Crippen LogP contribution in [0.2, 0.25) is 0 Å². The van der Waals surface area contributed by atoms with Crippen LogP contribution in [0.15, 0.2) is 0 Å². The Morgan fingerprint density at radius 2 is 1.91 bits per heavy atom. The van der Waals surface area contributed by atoms with Gasteiger partial charge in [0, 0.05) is 0 Å². The smallest absolute Gasteiger partial charge is 0.100 e. The third kappa shape index (κ3) is 2.18. The molecule has 66 valence electrons. The Kier molecular flexibility index (Phi) is 2.91. The van der Waals surface area contributed by atoms with Crippen LogP contribution in [0.3, 0.4) is 0 Å². The Hall–Kier alpha value is -0.0700. The molecule has 1 aliphatic carbocycles. The summed E-state index contributed by atoms with van der Waals surface area (Å²) in [6.07, 6.45) is 2.18. The molecule has 0 aliphatic heterocycles. The van der Waals surface area contributed by atoms with Gasteiger partial charge in [-0.3, -0.25) is 0 Å². The second kappa shape index (κ2) is 3.55. The summed E-state index contributed by atoms with van der Waals surface area (Å²) in [7, 11) is 0. The molecule has 1 heteroatoms. The fourth-order valence-electron chi connectivity index (χ4n) is 2.34. The zero-order valence-electron chi connectivity index (χ0n) is 7.81. The van der Waals surface area contributed by atoms with Crippen LogP contribution in [0.25, 0.3) is 0 Å². The molecule has 3 atom stereocenters. The minimum Gasteiger partial charge on any atom is -0.247 e. The molecule has 11 heavy (non-hydrogen) atoms. The molecule has 1 fully saturated rings. The van der Waals surface area contributed by atoms with Crippen molar-refractivity contribution in [2.45, 2.75) is 46.2 Å². The first kappa shape index (κ1) is 9.02. The Labute approximate surface area is 69.2 Å². The predicted octanol–water partition coefficient (Wildman–Crippen LogP) is 3.42. The molecular formula is C10H19F. The first-order chi connectivity index (χ1) is 5.11. The van der Waals surface area contributed by atoms with E-state index in [-0.39, 0.29) is 0 Å². The highest BCUT2D eigenvalue weighted by Crippen LogP contribution is 2.35. The SMILES string of the molecule is CC(C)C1CCC(F)CC1C. The van der Waals surface area contributed by atoms with Crippen molar-refractivity contribution in [1.29, 1.82) is 0 Å². The quantitative estimate of drug-likeness (QED) is 0.548. The van der Waals surface area contributed by atoms with Crippen molar-refractivity contribution in [3.05, 3.63) is 0 Å². The van der Waals surface area contributed by atoms with Crippen molar-refractivity contribution in [3.8, 4) is 0 Å². The molecule has 0 aromatic rings. The van der Waals surface area contributed by atoms with Crippen LogP contribution < -0.4 is 0 Å². The maximum atomic E-state index is 12.9. The van der Waals surface area contributed by atoms with Gasteiger partial charge in [-0.2, -0.15) is 0 Å². The summed E-state index contributed by atoms with van der Waals surface area (Å²) in [6, 6.07) is 0. The van der Waals surface area contributed by atoms with Crippen molar-refractivity contribution >= 4 is 0 Å². The van der Waals surface area contributed by atoms with Gasteiger partial charge in [0.05, 0.1) is 0 Å². The first-order valence-corrected chi connectivity index (χ1v) is 4.75. The molecule has 0 bridgehead atoms. The summed E-state index contributed by atoms with van der Waals surface area (Å²) in [6.45, 7) is 6.69. The van der Waals surface area contributed by atoms with E-state index in [2.05, 4.69) is 20.8 Å². The molecule has 0 spiro atoms. The fourth-order valence-corrected chi connectivity index (χ4v) is 2.34. The maximum Gasteiger partial charge on any atom is 0.100 e. The molecule has 3 unspecified atom stereocenters. The van der Waals surface area contributed by atoms with Crippen LogP contribution >= 0.6 is 0 Å². The number of alkyl halides is 1. The predicted molar refractivity (Wildman–Crippen MR) is 46.2 cm³/mol. The zero-order chi connectivity index (χ0) is 8.43. The average molecular weight is 158 g/mol.